The van der Waals surface area contributed by atoms with Gasteiger partial charge in [-0.15, -0.1) is 12.4 Å². The summed E-state index contributed by atoms with van der Waals surface area (Å²) in [5.41, 5.74) is 1.14. The number of rotatable bonds is 7. The lowest BCUT2D eigenvalue weighted by molar-refractivity contribution is -0.123. The van der Waals surface area contributed by atoms with E-state index < -0.39 is 0 Å². The second-order valence-corrected chi connectivity index (χ2v) is 7.49. The molecule has 0 saturated carbocycles. The zero-order valence-electron chi connectivity index (χ0n) is 16.5. The maximum absolute atomic E-state index is 12.4. The van der Waals surface area contributed by atoms with E-state index in [9.17, 15) is 4.79 Å². The Balaban J connectivity index is 0.00000261. The quantitative estimate of drug-likeness (QED) is 0.767. The Morgan fingerprint density at radius 1 is 1.11 bits per heavy atom. The van der Waals surface area contributed by atoms with Crippen molar-refractivity contribution in [3.05, 3.63) is 23.8 Å². The largest absolute Gasteiger partial charge is 0.493 e. The Bertz CT molecular complexity index is 609. The third-order valence-electron chi connectivity index (χ3n) is 5.86. The van der Waals surface area contributed by atoms with Gasteiger partial charge in [-0.05, 0) is 68.8 Å². The number of benzene rings is 1. The summed E-state index contributed by atoms with van der Waals surface area (Å²) in [5, 5.41) is 3.11. The number of ether oxygens (including phenoxy) is 2. The average molecular weight is 397 g/mol. The molecule has 1 amide bonds. The first-order chi connectivity index (χ1) is 12.7. The van der Waals surface area contributed by atoms with Gasteiger partial charge in [-0.2, -0.15) is 0 Å². The number of hydrogen-bond donors (Lipinski definition) is 1. The van der Waals surface area contributed by atoms with Crippen LogP contribution >= 0.6 is 12.4 Å². The molecule has 6 heteroatoms. The highest BCUT2D eigenvalue weighted by Gasteiger charge is 2.33. The van der Waals surface area contributed by atoms with E-state index >= 15 is 0 Å². The van der Waals surface area contributed by atoms with Gasteiger partial charge >= 0.3 is 0 Å². The monoisotopic (exact) mass is 396 g/mol. The molecule has 1 aromatic rings. The topological polar surface area (TPSA) is 50.8 Å². The van der Waals surface area contributed by atoms with Crippen molar-refractivity contribution >= 4 is 18.3 Å². The van der Waals surface area contributed by atoms with Crippen molar-refractivity contribution in [1.29, 1.82) is 0 Å². The first-order valence-corrected chi connectivity index (χ1v) is 9.93. The van der Waals surface area contributed by atoms with Crippen LogP contribution in [0, 0.1) is 5.92 Å². The van der Waals surface area contributed by atoms with Gasteiger partial charge in [-0.3, -0.25) is 4.79 Å². The van der Waals surface area contributed by atoms with E-state index in [0.717, 1.165) is 23.5 Å². The van der Waals surface area contributed by atoms with Crippen molar-refractivity contribution in [3.8, 4) is 11.5 Å². The third-order valence-corrected chi connectivity index (χ3v) is 5.86. The summed E-state index contributed by atoms with van der Waals surface area (Å²) >= 11 is 0. The first-order valence-electron chi connectivity index (χ1n) is 9.93. The highest BCUT2D eigenvalue weighted by atomic mass is 35.5. The van der Waals surface area contributed by atoms with Crippen molar-refractivity contribution in [1.82, 2.24) is 10.2 Å². The molecular weight excluding hydrogens is 364 g/mol. The Morgan fingerprint density at radius 2 is 1.89 bits per heavy atom. The minimum absolute atomic E-state index is 0. The van der Waals surface area contributed by atoms with Gasteiger partial charge in [0.15, 0.2) is 11.5 Å². The lowest BCUT2D eigenvalue weighted by Gasteiger charge is -2.44. The van der Waals surface area contributed by atoms with Gasteiger partial charge in [0.05, 0.1) is 14.2 Å². The number of hydrogen-bond acceptors (Lipinski definition) is 4. The molecule has 0 bridgehead atoms. The lowest BCUT2D eigenvalue weighted by Crippen LogP contribution is -2.49. The SMILES string of the molecule is COc1ccc(CCNC(=O)C[C@H]2CCCN3CCCCC23)cc1OC.Cl. The molecule has 27 heavy (non-hydrogen) atoms. The molecule has 2 fully saturated rings. The fourth-order valence-electron chi connectivity index (χ4n) is 4.51. The molecule has 1 unspecified atom stereocenters. The van der Waals surface area contributed by atoms with E-state index in [1.54, 1.807) is 14.2 Å². The Labute approximate surface area is 169 Å². The van der Waals surface area contributed by atoms with Gasteiger partial charge in [-0.1, -0.05) is 12.5 Å². The van der Waals surface area contributed by atoms with Crippen LogP contribution in [-0.2, 0) is 11.2 Å². The van der Waals surface area contributed by atoms with Crippen molar-refractivity contribution in [3.63, 3.8) is 0 Å². The molecule has 0 spiro atoms. The summed E-state index contributed by atoms with van der Waals surface area (Å²) in [6.45, 7) is 3.11. The van der Waals surface area contributed by atoms with Crippen LogP contribution in [0.5, 0.6) is 11.5 Å². The third kappa shape index (κ3) is 5.76. The van der Waals surface area contributed by atoms with E-state index in [1.807, 2.05) is 18.2 Å². The smallest absolute Gasteiger partial charge is 0.220 e. The highest BCUT2D eigenvalue weighted by molar-refractivity contribution is 5.85. The number of halogens is 1. The van der Waals surface area contributed by atoms with Crippen LogP contribution in [-0.4, -0.2) is 50.7 Å². The van der Waals surface area contributed by atoms with Crippen LogP contribution in [0.3, 0.4) is 0 Å². The Kier molecular flexibility index (Phi) is 8.71. The number of carbonyl (C=O) groups excluding carboxylic acids is 1. The number of amides is 1. The van der Waals surface area contributed by atoms with Crippen molar-refractivity contribution in [2.45, 2.75) is 51.0 Å². The molecule has 0 aromatic heterocycles. The van der Waals surface area contributed by atoms with E-state index in [4.69, 9.17) is 9.47 Å². The standard InChI is InChI=1S/C21H32N2O3.ClH/c1-25-19-9-8-16(14-20(19)26-2)10-11-22-21(24)15-17-6-5-13-23-12-4-3-7-18(17)23;/h8-9,14,17-18H,3-7,10-13,15H2,1-2H3,(H,22,24);1H/t17-,18?;/m1./s1. The van der Waals surface area contributed by atoms with Crippen LogP contribution < -0.4 is 14.8 Å². The van der Waals surface area contributed by atoms with Crippen LogP contribution in [0.4, 0.5) is 0 Å². The van der Waals surface area contributed by atoms with Crippen molar-refractivity contribution < 1.29 is 14.3 Å². The molecule has 5 nitrogen and oxygen atoms in total. The van der Waals surface area contributed by atoms with Crippen LogP contribution in [0.2, 0.25) is 0 Å². The fourth-order valence-corrected chi connectivity index (χ4v) is 4.51. The molecule has 0 radical (unpaired) electrons. The van der Waals surface area contributed by atoms with Gasteiger partial charge in [-0.25, -0.2) is 0 Å². The molecule has 2 heterocycles. The van der Waals surface area contributed by atoms with Crippen LogP contribution in [0.1, 0.15) is 44.1 Å². The minimum Gasteiger partial charge on any atom is -0.493 e. The second-order valence-electron chi connectivity index (χ2n) is 7.49. The van der Waals surface area contributed by atoms with Gasteiger partial charge in [0, 0.05) is 19.0 Å². The molecule has 2 atom stereocenters. The summed E-state index contributed by atoms with van der Waals surface area (Å²) < 4.78 is 10.6. The normalized spacial score (nSPS) is 22.3. The number of nitrogens with one attached hydrogen (secondary N) is 1. The van der Waals surface area contributed by atoms with Gasteiger partial charge in [0.25, 0.3) is 0 Å². The zero-order chi connectivity index (χ0) is 18.4. The van der Waals surface area contributed by atoms with Crippen molar-refractivity contribution in [2.24, 2.45) is 5.92 Å². The van der Waals surface area contributed by atoms with E-state index in [-0.39, 0.29) is 18.3 Å². The molecule has 3 rings (SSSR count). The fraction of sp³-hybridized carbons (Fsp3) is 0.667. The van der Waals surface area contributed by atoms with Crippen LogP contribution in [0.25, 0.3) is 0 Å². The summed E-state index contributed by atoms with van der Waals surface area (Å²) in [5.74, 6) is 2.19. The summed E-state index contributed by atoms with van der Waals surface area (Å²) in [7, 11) is 3.28. The average Bonchev–Trinajstić information content (AvgIpc) is 2.68. The van der Waals surface area contributed by atoms with Gasteiger partial charge < -0.3 is 19.7 Å². The molecule has 2 aliphatic heterocycles. The number of piperidine rings is 2. The number of fused-ring (bicyclic) bond motifs is 1. The van der Waals surface area contributed by atoms with E-state index in [0.29, 0.717) is 24.9 Å². The number of carbonyl (C=O) groups is 1. The number of methoxy groups -OCH3 is 2. The van der Waals surface area contributed by atoms with Crippen LogP contribution in [0.15, 0.2) is 18.2 Å². The van der Waals surface area contributed by atoms with Crippen molar-refractivity contribution in [2.75, 3.05) is 33.9 Å². The van der Waals surface area contributed by atoms with E-state index in [2.05, 4.69) is 10.2 Å². The first kappa shape index (κ1) is 21.8. The predicted molar refractivity (Wildman–Crippen MR) is 110 cm³/mol. The Morgan fingerprint density at radius 3 is 2.67 bits per heavy atom. The van der Waals surface area contributed by atoms with Gasteiger partial charge in [0.2, 0.25) is 5.91 Å². The summed E-state index contributed by atoms with van der Waals surface area (Å²) in [6, 6.07) is 6.55. The molecule has 0 aliphatic carbocycles. The molecule has 152 valence electrons. The lowest BCUT2D eigenvalue weighted by atomic mass is 9.81. The summed E-state index contributed by atoms with van der Waals surface area (Å²) in [6.07, 6.45) is 7.81. The zero-order valence-corrected chi connectivity index (χ0v) is 17.4. The molecule has 1 N–H and O–H groups in total. The predicted octanol–water partition coefficient (Wildman–Crippen LogP) is 3.44. The summed E-state index contributed by atoms with van der Waals surface area (Å²) in [4.78, 5) is 15.0. The van der Waals surface area contributed by atoms with Gasteiger partial charge in [0.1, 0.15) is 0 Å². The molecule has 1 aromatic carbocycles. The second kappa shape index (κ2) is 10.8. The Hall–Kier alpha value is -1.46. The molecule has 2 saturated heterocycles. The highest BCUT2D eigenvalue weighted by Crippen LogP contribution is 2.32. The molecular formula is C21H33ClN2O3. The maximum atomic E-state index is 12.4. The van der Waals surface area contributed by atoms with E-state index in [1.165, 1.54) is 45.2 Å². The molecule has 2 aliphatic rings. The minimum atomic E-state index is 0. The number of nitrogens with zero attached hydrogens (tertiary/aromatic N) is 1. The maximum Gasteiger partial charge on any atom is 0.220 e.